The van der Waals surface area contributed by atoms with Gasteiger partial charge in [0.1, 0.15) is 6.10 Å². The second kappa shape index (κ2) is 5.29. The van der Waals surface area contributed by atoms with Gasteiger partial charge >= 0.3 is 6.09 Å². The van der Waals surface area contributed by atoms with Crippen LogP contribution in [-0.4, -0.2) is 38.7 Å². The van der Waals surface area contributed by atoms with Crippen molar-refractivity contribution in [2.75, 3.05) is 32.6 Å². The number of para-hydroxylation sites is 1. The van der Waals surface area contributed by atoms with Crippen LogP contribution in [0.5, 0.6) is 0 Å². The second-order valence-corrected chi connectivity index (χ2v) is 4.89. The lowest BCUT2D eigenvalue weighted by Gasteiger charge is -2.22. The fourth-order valence-corrected chi connectivity index (χ4v) is 2.25. The third-order valence-corrected chi connectivity index (χ3v) is 3.26. The van der Waals surface area contributed by atoms with Gasteiger partial charge in [-0.15, -0.1) is 0 Å². The van der Waals surface area contributed by atoms with Crippen LogP contribution in [0.1, 0.15) is 24.5 Å². The molecule has 98 valence electrons. The Balaban J connectivity index is 2.26. The number of nitrogens with zero attached hydrogens (tertiary/aromatic N) is 2. The van der Waals surface area contributed by atoms with E-state index in [-0.39, 0.29) is 12.2 Å². The molecule has 1 unspecified atom stereocenters. The topological polar surface area (TPSA) is 32.8 Å². The number of amides is 1. The Kier molecular flexibility index (Phi) is 3.75. The summed E-state index contributed by atoms with van der Waals surface area (Å²) in [4.78, 5) is 15.4. The molecule has 0 fully saturated rings. The van der Waals surface area contributed by atoms with E-state index in [9.17, 15) is 4.79 Å². The van der Waals surface area contributed by atoms with Crippen LogP contribution in [0.25, 0.3) is 0 Å². The SMILES string of the molecule is CN(C)C(=O)OC1CCCN(C)c2ccccc21. The first kappa shape index (κ1) is 12.7. The van der Waals surface area contributed by atoms with Crippen molar-refractivity contribution in [1.29, 1.82) is 0 Å². The predicted octanol–water partition coefficient (Wildman–Crippen LogP) is 2.66. The van der Waals surface area contributed by atoms with Crippen LogP contribution in [0.3, 0.4) is 0 Å². The van der Waals surface area contributed by atoms with Gasteiger partial charge in [0, 0.05) is 38.9 Å². The van der Waals surface area contributed by atoms with Crippen LogP contribution in [-0.2, 0) is 4.74 Å². The summed E-state index contributed by atoms with van der Waals surface area (Å²) < 4.78 is 5.57. The number of carbonyl (C=O) groups is 1. The van der Waals surface area contributed by atoms with E-state index in [0.29, 0.717) is 0 Å². The fraction of sp³-hybridized carbons (Fsp3) is 0.500. The van der Waals surface area contributed by atoms with Crippen molar-refractivity contribution >= 4 is 11.8 Å². The minimum atomic E-state index is -0.278. The summed E-state index contributed by atoms with van der Waals surface area (Å²) in [6.07, 6.45) is 1.48. The van der Waals surface area contributed by atoms with E-state index < -0.39 is 0 Å². The number of ether oxygens (including phenoxy) is 1. The fourth-order valence-electron chi connectivity index (χ4n) is 2.25. The molecule has 0 saturated heterocycles. The van der Waals surface area contributed by atoms with Gasteiger partial charge in [0.25, 0.3) is 0 Å². The summed E-state index contributed by atoms with van der Waals surface area (Å²) in [5, 5.41) is 0. The highest BCUT2D eigenvalue weighted by atomic mass is 16.6. The van der Waals surface area contributed by atoms with E-state index in [1.165, 1.54) is 4.90 Å². The van der Waals surface area contributed by atoms with E-state index in [2.05, 4.69) is 18.0 Å². The lowest BCUT2D eigenvalue weighted by molar-refractivity contribution is 0.0705. The molecule has 0 N–H and O–H groups in total. The number of rotatable bonds is 1. The number of anilines is 1. The van der Waals surface area contributed by atoms with Gasteiger partial charge in [-0.25, -0.2) is 4.79 Å². The van der Waals surface area contributed by atoms with Gasteiger partial charge in [0.15, 0.2) is 0 Å². The Morgan fingerprint density at radius 2 is 2.11 bits per heavy atom. The third kappa shape index (κ3) is 2.58. The zero-order chi connectivity index (χ0) is 13.1. The molecule has 2 rings (SSSR count). The molecule has 1 aliphatic rings. The normalized spacial score (nSPS) is 18.8. The predicted molar refractivity (Wildman–Crippen MR) is 71.9 cm³/mol. The number of benzene rings is 1. The highest BCUT2D eigenvalue weighted by molar-refractivity contribution is 5.68. The van der Waals surface area contributed by atoms with Crippen molar-refractivity contribution in [3.63, 3.8) is 0 Å². The summed E-state index contributed by atoms with van der Waals surface area (Å²) in [5.74, 6) is 0. The maximum atomic E-state index is 11.7. The summed E-state index contributed by atoms with van der Waals surface area (Å²) in [7, 11) is 5.49. The van der Waals surface area contributed by atoms with Gasteiger partial charge in [0.2, 0.25) is 0 Å². The lowest BCUT2D eigenvalue weighted by atomic mass is 10.0. The lowest BCUT2D eigenvalue weighted by Crippen LogP contribution is -2.24. The van der Waals surface area contributed by atoms with Crippen LogP contribution < -0.4 is 4.90 Å². The zero-order valence-electron chi connectivity index (χ0n) is 11.2. The van der Waals surface area contributed by atoms with Crippen molar-refractivity contribution in [3.8, 4) is 0 Å². The van der Waals surface area contributed by atoms with Gasteiger partial charge in [-0.1, -0.05) is 18.2 Å². The molecule has 0 aliphatic carbocycles. The first-order valence-electron chi connectivity index (χ1n) is 6.27. The zero-order valence-corrected chi connectivity index (χ0v) is 11.2. The van der Waals surface area contributed by atoms with E-state index in [1.54, 1.807) is 14.1 Å². The summed E-state index contributed by atoms with van der Waals surface area (Å²) in [5.41, 5.74) is 2.26. The first-order valence-corrected chi connectivity index (χ1v) is 6.27. The van der Waals surface area contributed by atoms with Crippen molar-refractivity contribution < 1.29 is 9.53 Å². The van der Waals surface area contributed by atoms with Crippen molar-refractivity contribution in [1.82, 2.24) is 4.90 Å². The molecule has 18 heavy (non-hydrogen) atoms. The molecule has 0 bridgehead atoms. The Morgan fingerprint density at radius 1 is 1.39 bits per heavy atom. The molecule has 1 atom stereocenters. The highest BCUT2D eigenvalue weighted by Gasteiger charge is 2.24. The Bertz CT molecular complexity index is 432. The number of carbonyl (C=O) groups excluding carboxylic acids is 1. The second-order valence-electron chi connectivity index (χ2n) is 4.89. The molecule has 1 aliphatic heterocycles. The molecule has 0 radical (unpaired) electrons. The molecular formula is C14H20N2O2. The monoisotopic (exact) mass is 248 g/mol. The van der Waals surface area contributed by atoms with Gasteiger partial charge in [-0.2, -0.15) is 0 Å². The Morgan fingerprint density at radius 3 is 2.83 bits per heavy atom. The van der Waals surface area contributed by atoms with Crippen LogP contribution in [0.15, 0.2) is 24.3 Å². The van der Waals surface area contributed by atoms with Crippen LogP contribution in [0, 0.1) is 0 Å². The highest BCUT2D eigenvalue weighted by Crippen LogP contribution is 2.34. The minimum absolute atomic E-state index is 0.138. The number of fused-ring (bicyclic) bond motifs is 1. The third-order valence-electron chi connectivity index (χ3n) is 3.26. The van der Waals surface area contributed by atoms with Crippen molar-refractivity contribution in [2.45, 2.75) is 18.9 Å². The maximum absolute atomic E-state index is 11.7. The maximum Gasteiger partial charge on any atom is 0.409 e. The smallest absolute Gasteiger partial charge is 0.409 e. The molecule has 4 nitrogen and oxygen atoms in total. The van der Waals surface area contributed by atoms with Gasteiger partial charge < -0.3 is 14.5 Å². The van der Waals surface area contributed by atoms with E-state index >= 15 is 0 Å². The summed E-state index contributed by atoms with van der Waals surface area (Å²) >= 11 is 0. The van der Waals surface area contributed by atoms with Crippen molar-refractivity contribution in [3.05, 3.63) is 29.8 Å². The molecule has 0 aromatic heterocycles. The standard InChI is InChI=1S/C14H20N2O2/c1-15(2)14(17)18-13-9-6-10-16(3)12-8-5-4-7-11(12)13/h4-5,7-8,13H,6,9-10H2,1-3H3. The molecule has 1 aromatic rings. The molecule has 0 saturated carbocycles. The quantitative estimate of drug-likeness (QED) is 0.766. The van der Waals surface area contributed by atoms with Gasteiger partial charge in [-0.05, 0) is 18.9 Å². The Hall–Kier alpha value is -1.71. The summed E-state index contributed by atoms with van der Waals surface area (Å²) in [6, 6.07) is 8.14. The summed E-state index contributed by atoms with van der Waals surface area (Å²) in [6.45, 7) is 0.993. The van der Waals surface area contributed by atoms with E-state index in [0.717, 1.165) is 30.6 Å². The Labute approximate surface area is 108 Å². The van der Waals surface area contributed by atoms with Crippen LogP contribution in [0.2, 0.25) is 0 Å². The average Bonchev–Trinajstić information content (AvgIpc) is 2.51. The molecule has 1 aromatic carbocycles. The van der Waals surface area contributed by atoms with Crippen LogP contribution in [0.4, 0.5) is 10.5 Å². The van der Waals surface area contributed by atoms with Gasteiger partial charge in [-0.3, -0.25) is 0 Å². The largest absolute Gasteiger partial charge is 0.441 e. The van der Waals surface area contributed by atoms with Crippen molar-refractivity contribution in [2.24, 2.45) is 0 Å². The minimum Gasteiger partial charge on any atom is -0.441 e. The molecular weight excluding hydrogens is 228 g/mol. The molecule has 4 heteroatoms. The first-order chi connectivity index (χ1) is 8.59. The molecule has 1 amide bonds. The average molecular weight is 248 g/mol. The number of hydrogen-bond donors (Lipinski definition) is 0. The number of hydrogen-bond acceptors (Lipinski definition) is 3. The van der Waals surface area contributed by atoms with Crippen LogP contribution >= 0.6 is 0 Å². The van der Waals surface area contributed by atoms with E-state index in [4.69, 9.17) is 4.74 Å². The van der Waals surface area contributed by atoms with E-state index in [1.807, 2.05) is 18.2 Å². The molecule has 0 spiro atoms. The molecule has 1 heterocycles. The van der Waals surface area contributed by atoms with Gasteiger partial charge in [0.05, 0.1) is 0 Å².